The highest BCUT2D eigenvalue weighted by Gasteiger charge is 2.16. The molecular weight excluding hydrogens is 378 g/mol. The Kier molecular flexibility index (Phi) is 7.74. The van der Waals surface area contributed by atoms with E-state index in [9.17, 15) is 0 Å². The van der Waals surface area contributed by atoms with E-state index in [-0.39, 0.29) is 6.10 Å². The van der Waals surface area contributed by atoms with E-state index in [1.165, 1.54) is 16.7 Å². The summed E-state index contributed by atoms with van der Waals surface area (Å²) in [6, 6.07) is 27.9. The van der Waals surface area contributed by atoms with E-state index in [0.29, 0.717) is 12.0 Å². The van der Waals surface area contributed by atoms with Gasteiger partial charge in [-0.05, 0) is 56.2 Å². The first-order valence-corrected chi connectivity index (χ1v) is 10.8. The average molecular weight is 409 g/mol. The molecule has 0 unspecified atom stereocenters. The molecule has 0 amide bonds. The second kappa shape index (κ2) is 10.5. The zero-order valence-corrected chi connectivity index (χ0v) is 18.3. The van der Waals surface area contributed by atoms with Crippen molar-refractivity contribution in [3.8, 4) is 5.75 Å². The predicted molar refractivity (Wildman–Crippen MR) is 122 cm³/mol. The Hall–Kier alpha value is -2.29. The molecule has 0 fully saturated rings. The minimum Gasteiger partial charge on any atom is -0.491 e. The second-order valence-electron chi connectivity index (χ2n) is 7.85. The van der Waals surface area contributed by atoms with E-state index in [0.717, 1.165) is 23.7 Å². The van der Waals surface area contributed by atoms with Gasteiger partial charge in [-0.3, -0.25) is 0 Å². The quantitative estimate of drug-likeness (QED) is 0.463. The van der Waals surface area contributed by atoms with Crippen molar-refractivity contribution in [2.75, 3.05) is 6.54 Å². The highest BCUT2D eigenvalue weighted by atomic mass is 35.5. The first kappa shape index (κ1) is 21.4. The normalized spacial score (nSPS) is 13.3. The number of halogens is 1. The fourth-order valence-electron chi connectivity index (χ4n) is 3.68. The number of hydrogen-bond donors (Lipinski definition) is 1. The number of nitrogens with two attached hydrogens (primary N) is 1. The minimum atomic E-state index is 0.190. The van der Waals surface area contributed by atoms with Crippen LogP contribution in [0, 0.1) is 0 Å². The molecule has 0 aromatic heterocycles. The third-order valence-corrected chi connectivity index (χ3v) is 5.48. The Morgan fingerprint density at radius 3 is 1.97 bits per heavy atom. The van der Waals surface area contributed by atoms with Gasteiger partial charge in [-0.25, -0.2) is 0 Å². The second-order valence-corrected chi connectivity index (χ2v) is 8.29. The van der Waals surface area contributed by atoms with Crippen molar-refractivity contribution in [2.45, 2.75) is 45.3 Å². The summed E-state index contributed by atoms with van der Waals surface area (Å²) in [6.45, 7) is 7.41. The van der Waals surface area contributed by atoms with Crippen molar-refractivity contribution in [3.63, 3.8) is 0 Å². The molecule has 0 aliphatic carbocycles. The molecule has 0 aliphatic heterocycles. The Balaban J connectivity index is 1.68. The zero-order valence-electron chi connectivity index (χ0n) is 17.5. The van der Waals surface area contributed by atoms with Gasteiger partial charge in [0.25, 0.3) is 0 Å². The topological polar surface area (TPSA) is 25.8 Å². The van der Waals surface area contributed by atoms with Gasteiger partial charge in [0.05, 0.1) is 12.6 Å². The van der Waals surface area contributed by atoms with Crippen molar-refractivity contribution in [1.82, 2.24) is 0 Å². The summed E-state index contributed by atoms with van der Waals surface area (Å²) in [5, 5.41) is 3.20. The van der Waals surface area contributed by atoms with Gasteiger partial charge < -0.3 is 10.1 Å². The number of hydrogen-bond acceptors (Lipinski definition) is 1. The van der Waals surface area contributed by atoms with Crippen LogP contribution in [0.5, 0.6) is 5.75 Å². The molecule has 152 valence electrons. The maximum Gasteiger partial charge on any atom is 0.119 e. The molecule has 0 radical (unpaired) electrons. The standard InChI is InChI=1S/C26H30ClNO/c1-19(2)29-25-15-11-23(12-16-25)26(22-7-5-4-6-8-22)17-18-28-20(3)21-9-13-24(27)14-10-21/h4-16,19-20,26,28H,17-18H2,1-3H3/p+1/t20-,26+/m0/s1. The van der Waals surface area contributed by atoms with Gasteiger partial charge in [-0.15, -0.1) is 0 Å². The summed E-state index contributed by atoms with van der Waals surface area (Å²) in [7, 11) is 0. The van der Waals surface area contributed by atoms with Crippen molar-refractivity contribution in [2.24, 2.45) is 0 Å². The molecule has 0 aliphatic rings. The van der Waals surface area contributed by atoms with Crippen molar-refractivity contribution >= 4 is 11.6 Å². The summed E-state index contributed by atoms with van der Waals surface area (Å²) < 4.78 is 5.81. The largest absolute Gasteiger partial charge is 0.491 e. The van der Waals surface area contributed by atoms with Crippen LogP contribution in [0.3, 0.4) is 0 Å². The number of quaternary nitrogens is 1. The number of rotatable bonds is 9. The van der Waals surface area contributed by atoms with E-state index in [1.54, 1.807) is 0 Å². The van der Waals surface area contributed by atoms with Gasteiger partial charge in [0.2, 0.25) is 0 Å². The molecule has 0 saturated heterocycles. The Morgan fingerprint density at radius 2 is 1.34 bits per heavy atom. The first-order valence-electron chi connectivity index (χ1n) is 10.4. The zero-order chi connectivity index (χ0) is 20.6. The summed E-state index contributed by atoms with van der Waals surface area (Å²) in [6.07, 6.45) is 1.27. The van der Waals surface area contributed by atoms with Gasteiger partial charge in [0.15, 0.2) is 0 Å². The van der Waals surface area contributed by atoms with Crippen LogP contribution in [0.25, 0.3) is 0 Å². The van der Waals surface area contributed by atoms with Crippen molar-refractivity contribution in [1.29, 1.82) is 0 Å². The molecule has 2 nitrogen and oxygen atoms in total. The molecule has 2 N–H and O–H groups in total. The smallest absolute Gasteiger partial charge is 0.119 e. The maximum atomic E-state index is 6.02. The van der Waals surface area contributed by atoms with Crippen molar-refractivity contribution < 1.29 is 10.1 Å². The summed E-state index contributed by atoms with van der Waals surface area (Å²) in [5.41, 5.74) is 4.00. The van der Waals surface area contributed by atoms with Crippen LogP contribution < -0.4 is 10.1 Å². The van der Waals surface area contributed by atoms with Crippen LogP contribution in [-0.4, -0.2) is 12.6 Å². The molecule has 0 spiro atoms. The molecular formula is C26H31ClNO+. The van der Waals surface area contributed by atoms with Crippen LogP contribution >= 0.6 is 11.6 Å². The lowest BCUT2D eigenvalue weighted by Crippen LogP contribution is -2.84. The Bertz CT molecular complexity index is 859. The third-order valence-electron chi connectivity index (χ3n) is 5.23. The van der Waals surface area contributed by atoms with E-state index < -0.39 is 0 Å². The third kappa shape index (κ3) is 6.35. The Labute approximate surface area is 179 Å². The number of ether oxygens (including phenoxy) is 1. The molecule has 0 bridgehead atoms. The van der Waals surface area contributed by atoms with Gasteiger partial charge in [0, 0.05) is 22.9 Å². The SMILES string of the molecule is CC(C)Oc1ccc([C@H](CC[NH2+][C@@H](C)c2ccc(Cl)cc2)c2ccccc2)cc1. The first-order chi connectivity index (χ1) is 14.0. The molecule has 3 aromatic carbocycles. The summed E-state index contributed by atoms with van der Waals surface area (Å²) in [4.78, 5) is 0. The van der Waals surface area contributed by atoms with Gasteiger partial charge in [-0.2, -0.15) is 0 Å². The van der Waals surface area contributed by atoms with Crippen LogP contribution in [0.1, 0.15) is 55.8 Å². The van der Waals surface area contributed by atoms with Crippen LogP contribution in [0.4, 0.5) is 0 Å². The lowest BCUT2D eigenvalue weighted by atomic mass is 9.88. The molecule has 3 aromatic rings. The molecule has 3 heteroatoms. The minimum absolute atomic E-state index is 0.190. The van der Waals surface area contributed by atoms with E-state index in [2.05, 4.69) is 92.8 Å². The molecule has 29 heavy (non-hydrogen) atoms. The summed E-state index contributed by atoms with van der Waals surface area (Å²) in [5.74, 6) is 1.30. The van der Waals surface area contributed by atoms with Gasteiger partial charge >= 0.3 is 0 Å². The highest BCUT2D eigenvalue weighted by molar-refractivity contribution is 6.30. The summed E-state index contributed by atoms with van der Waals surface area (Å²) >= 11 is 6.02. The Morgan fingerprint density at radius 1 is 0.759 bits per heavy atom. The van der Waals surface area contributed by atoms with Gasteiger partial charge in [0.1, 0.15) is 11.8 Å². The van der Waals surface area contributed by atoms with Gasteiger partial charge in [-0.1, -0.05) is 66.2 Å². The van der Waals surface area contributed by atoms with Crippen LogP contribution in [0.2, 0.25) is 5.02 Å². The maximum absolute atomic E-state index is 6.02. The van der Waals surface area contributed by atoms with Crippen molar-refractivity contribution in [3.05, 3.63) is 101 Å². The molecule has 0 heterocycles. The lowest BCUT2D eigenvalue weighted by Gasteiger charge is -2.20. The molecule has 0 saturated carbocycles. The lowest BCUT2D eigenvalue weighted by molar-refractivity contribution is -0.693. The van der Waals surface area contributed by atoms with Crippen LogP contribution in [0.15, 0.2) is 78.9 Å². The van der Waals surface area contributed by atoms with Crippen LogP contribution in [-0.2, 0) is 0 Å². The van der Waals surface area contributed by atoms with E-state index in [1.807, 2.05) is 12.1 Å². The van der Waals surface area contributed by atoms with E-state index in [4.69, 9.17) is 16.3 Å². The highest BCUT2D eigenvalue weighted by Crippen LogP contribution is 2.29. The fourth-order valence-corrected chi connectivity index (χ4v) is 3.80. The predicted octanol–water partition coefficient (Wildman–Crippen LogP) is 5.97. The molecule has 3 rings (SSSR count). The van der Waals surface area contributed by atoms with E-state index >= 15 is 0 Å². The fraction of sp³-hybridized carbons (Fsp3) is 0.308. The average Bonchev–Trinajstić information content (AvgIpc) is 2.72. The monoisotopic (exact) mass is 408 g/mol. The molecule has 2 atom stereocenters. The number of benzene rings is 3.